The van der Waals surface area contributed by atoms with Crippen LogP contribution in [0.4, 0.5) is 0 Å². The normalized spacial score (nSPS) is 12.9. The molecule has 0 saturated carbocycles. The van der Waals surface area contributed by atoms with Crippen LogP contribution < -0.4 is 5.32 Å². The maximum atomic E-state index is 9.72. The van der Waals surface area contributed by atoms with Crippen molar-refractivity contribution in [3.63, 3.8) is 0 Å². The number of aliphatic hydroxyl groups excluding tert-OH is 1. The second-order valence-electron chi connectivity index (χ2n) is 3.58. The van der Waals surface area contributed by atoms with E-state index in [1.807, 2.05) is 26.0 Å². The van der Waals surface area contributed by atoms with Gasteiger partial charge in [-0.3, -0.25) is 0 Å². The number of likely N-dealkylation sites (N-methyl/N-ethyl adjacent to an activating group) is 1. The molecule has 0 bridgehead atoms. The van der Waals surface area contributed by atoms with Crippen molar-refractivity contribution in [1.29, 1.82) is 0 Å². The van der Waals surface area contributed by atoms with E-state index in [2.05, 4.69) is 5.32 Å². The van der Waals surface area contributed by atoms with Crippen LogP contribution in [-0.2, 0) is 0 Å². The van der Waals surface area contributed by atoms with Crippen molar-refractivity contribution < 1.29 is 10.2 Å². The van der Waals surface area contributed by atoms with Crippen LogP contribution in [0.3, 0.4) is 0 Å². The monoisotopic (exact) mass is 195 g/mol. The summed E-state index contributed by atoms with van der Waals surface area (Å²) in [4.78, 5) is 0. The van der Waals surface area contributed by atoms with Gasteiger partial charge < -0.3 is 15.5 Å². The highest BCUT2D eigenvalue weighted by atomic mass is 16.3. The Kier molecular flexibility index (Phi) is 3.49. The first-order valence-electron chi connectivity index (χ1n) is 4.69. The molecule has 0 spiro atoms. The molecule has 1 rings (SSSR count). The highest BCUT2D eigenvalue weighted by Gasteiger charge is 2.09. The third kappa shape index (κ3) is 2.25. The molecular weight excluding hydrogens is 178 g/mol. The van der Waals surface area contributed by atoms with Crippen molar-refractivity contribution in [2.45, 2.75) is 20.0 Å². The van der Waals surface area contributed by atoms with E-state index in [9.17, 15) is 10.2 Å². The molecule has 78 valence electrons. The molecule has 1 unspecified atom stereocenters. The predicted molar refractivity (Wildman–Crippen MR) is 56.5 cm³/mol. The van der Waals surface area contributed by atoms with E-state index >= 15 is 0 Å². The fourth-order valence-corrected chi connectivity index (χ4v) is 1.49. The molecule has 1 atom stereocenters. The van der Waals surface area contributed by atoms with Gasteiger partial charge in [-0.15, -0.1) is 0 Å². The van der Waals surface area contributed by atoms with Crippen LogP contribution in [0.25, 0.3) is 0 Å². The van der Waals surface area contributed by atoms with Gasteiger partial charge in [0.15, 0.2) is 0 Å². The van der Waals surface area contributed by atoms with E-state index in [0.717, 1.165) is 16.7 Å². The van der Waals surface area contributed by atoms with Gasteiger partial charge in [0.1, 0.15) is 5.75 Å². The summed E-state index contributed by atoms with van der Waals surface area (Å²) < 4.78 is 0. The highest BCUT2D eigenvalue weighted by molar-refractivity contribution is 5.42. The summed E-state index contributed by atoms with van der Waals surface area (Å²) in [6.45, 7) is 4.18. The number of phenols is 1. The first-order chi connectivity index (χ1) is 6.56. The first-order valence-corrected chi connectivity index (χ1v) is 4.69. The standard InChI is InChI=1S/C11H17NO2/c1-7-4-9(10(13)6-12-3)5-8(2)11(7)14/h4-5,10,12-14H,6H2,1-3H3. The molecule has 0 aliphatic rings. The first kappa shape index (κ1) is 11.0. The van der Waals surface area contributed by atoms with E-state index in [4.69, 9.17) is 0 Å². The fourth-order valence-electron chi connectivity index (χ4n) is 1.49. The lowest BCUT2D eigenvalue weighted by Crippen LogP contribution is -2.16. The van der Waals surface area contributed by atoms with Gasteiger partial charge in [-0.2, -0.15) is 0 Å². The maximum absolute atomic E-state index is 9.72. The Balaban J connectivity index is 3.00. The van der Waals surface area contributed by atoms with Crippen molar-refractivity contribution in [1.82, 2.24) is 5.32 Å². The minimum absolute atomic E-state index is 0.311. The van der Waals surface area contributed by atoms with Gasteiger partial charge in [0, 0.05) is 6.54 Å². The Hall–Kier alpha value is -1.06. The summed E-state index contributed by atoms with van der Waals surface area (Å²) in [5, 5.41) is 22.2. The molecule has 0 heterocycles. The molecule has 14 heavy (non-hydrogen) atoms. The summed E-state index contributed by atoms with van der Waals surface area (Å²) in [6.07, 6.45) is -0.516. The zero-order valence-corrected chi connectivity index (χ0v) is 8.83. The number of nitrogens with one attached hydrogen (secondary N) is 1. The average Bonchev–Trinajstić information content (AvgIpc) is 2.13. The SMILES string of the molecule is CNCC(O)c1cc(C)c(O)c(C)c1. The number of phenolic OH excluding ortho intramolecular Hbond substituents is 1. The van der Waals surface area contributed by atoms with Crippen LogP contribution in [-0.4, -0.2) is 23.8 Å². The van der Waals surface area contributed by atoms with Crippen molar-refractivity contribution in [2.24, 2.45) is 0 Å². The third-order valence-electron chi connectivity index (χ3n) is 2.30. The van der Waals surface area contributed by atoms with Crippen LogP contribution in [0.5, 0.6) is 5.75 Å². The molecule has 1 aromatic carbocycles. The summed E-state index contributed by atoms with van der Waals surface area (Å²) in [6, 6.07) is 3.62. The minimum Gasteiger partial charge on any atom is -0.507 e. The summed E-state index contributed by atoms with van der Waals surface area (Å²) in [7, 11) is 1.79. The molecule has 0 amide bonds. The van der Waals surface area contributed by atoms with E-state index < -0.39 is 6.10 Å². The lowest BCUT2D eigenvalue weighted by Gasteiger charge is -2.13. The summed E-state index contributed by atoms with van der Waals surface area (Å²) in [5.41, 5.74) is 2.44. The van der Waals surface area contributed by atoms with Crippen LogP contribution in [0.1, 0.15) is 22.8 Å². The van der Waals surface area contributed by atoms with Crippen LogP contribution in [0.2, 0.25) is 0 Å². The number of benzene rings is 1. The Morgan fingerprint density at radius 3 is 2.21 bits per heavy atom. The molecule has 0 aliphatic heterocycles. The topological polar surface area (TPSA) is 52.5 Å². The quantitative estimate of drug-likeness (QED) is 0.680. The zero-order chi connectivity index (χ0) is 10.7. The molecule has 3 heteroatoms. The van der Waals surface area contributed by atoms with Gasteiger partial charge in [-0.25, -0.2) is 0 Å². The number of aryl methyl sites for hydroxylation is 2. The van der Waals surface area contributed by atoms with E-state index in [0.29, 0.717) is 12.3 Å². The molecule has 0 saturated heterocycles. The molecule has 1 aromatic rings. The zero-order valence-electron chi connectivity index (χ0n) is 8.83. The largest absolute Gasteiger partial charge is 0.507 e. The minimum atomic E-state index is -0.516. The van der Waals surface area contributed by atoms with Gasteiger partial charge in [0.2, 0.25) is 0 Å². The molecule has 0 aromatic heterocycles. The van der Waals surface area contributed by atoms with Gasteiger partial charge >= 0.3 is 0 Å². The predicted octanol–water partition coefficient (Wildman–Crippen LogP) is 1.26. The smallest absolute Gasteiger partial charge is 0.121 e. The number of hydrogen-bond acceptors (Lipinski definition) is 3. The van der Waals surface area contributed by atoms with E-state index in [-0.39, 0.29) is 0 Å². The fraction of sp³-hybridized carbons (Fsp3) is 0.455. The molecule has 0 fully saturated rings. The number of aromatic hydroxyl groups is 1. The lowest BCUT2D eigenvalue weighted by atomic mass is 10.0. The Morgan fingerprint density at radius 2 is 1.79 bits per heavy atom. The molecule has 3 nitrogen and oxygen atoms in total. The Bertz CT molecular complexity index is 300. The Morgan fingerprint density at radius 1 is 1.29 bits per heavy atom. The van der Waals surface area contributed by atoms with Crippen molar-refractivity contribution in [3.05, 3.63) is 28.8 Å². The van der Waals surface area contributed by atoms with E-state index in [1.165, 1.54) is 0 Å². The Labute approximate surface area is 84.4 Å². The van der Waals surface area contributed by atoms with Gasteiger partial charge in [0.05, 0.1) is 6.10 Å². The average molecular weight is 195 g/mol. The molecule has 0 aliphatic carbocycles. The molecule has 0 radical (unpaired) electrons. The lowest BCUT2D eigenvalue weighted by molar-refractivity contribution is 0.177. The number of hydrogen-bond donors (Lipinski definition) is 3. The van der Waals surface area contributed by atoms with Gasteiger partial charge in [-0.05, 0) is 49.7 Å². The van der Waals surface area contributed by atoms with Crippen molar-refractivity contribution in [3.8, 4) is 5.75 Å². The van der Waals surface area contributed by atoms with Crippen molar-refractivity contribution >= 4 is 0 Å². The highest BCUT2D eigenvalue weighted by Crippen LogP contribution is 2.25. The maximum Gasteiger partial charge on any atom is 0.121 e. The van der Waals surface area contributed by atoms with Crippen LogP contribution >= 0.6 is 0 Å². The van der Waals surface area contributed by atoms with Crippen LogP contribution in [0.15, 0.2) is 12.1 Å². The molecular formula is C11H17NO2. The number of aliphatic hydroxyl groups is 1. The second-order valence-corrected chi connectivity index (χ2v) is 3.58. The third-order valence-corrected chi connectivity index (χ3v) is 2.30. The second kappa shape index (κ2) is 4.44. The van der Waals surface area contributed by atoms with Crippen molar-refractivity contribution in [2.75, 3.05) is 13.6 Å². The summed E-state index contributed by atoms with van der Waals surface area (Å²) in [5.74, 6) is 0.311. The molecule has 3 N–H and O–H groups in total. The van der Waals surface area contributed by atoms with Crippen LogP contribution in [0, 0.1) is 13.8 Å². The van der Waals surface area contributed by atoms with E-state index in [1.54, 1.807) is 7.05 Å². The van der Waals surface area contributed by atoms with Gasteiger partial charge in [0.25, 0.3) is 0 Å². The number of rotatable bonds is 3. The summed E-state index contributed by atoms with van der Waals surface area (Å²) >= 11 is 0. The van der Waals surface area contributed by atoms with Gasteiger partial charge in [-0.1, -0.05) is 0 Å².